The van der Waals surface area contributed by atoms with Crippen molar-refractivity contribution in [3.63, 3.8) is 0 Å². The van der Waals surface area contributed by atoms with Gasteiger partial charge in [-0.15, -0.1) is 5.10 Å². The topological polar surface area (TPSA) is 72.7 Å². The van der Waals surface area contributed by atoms with Gasteiger partial charge in [-0.05, 0) is 65.9 Å². The van der Waals surface area contributed by atoms with E-state index in [0.29, 0.717) is 11.1 Å². The van der Waals surface area contributed by atoms with Crippen LogP contribution in [0.5, 0.6) is 0 Å². The maximum atomic E-state index is 12.7. The Morgan fingerprint density at radius 2 is 1.68 bits per heavy atom. The number of thioether (sulfide) groups is 1. The van der Waals surface area contributed by atoms with E-state index >= 15 is 0 Å². The van der Waals surface area contributed by atoms with Crippen LogP contribution in [0.15, 0.2) is 47.6 Å². The number of amides is 1. The largest absolute Gasteiger partial charge is 0.325 e. The fraction of sp³-hybridized carbons (Fsp3) is 0.333. The van der Waals surface area contributed by atoms with Crippen LogP contribution in [0, 0.1) is 13.8 Å². The smallest absolute Gasteiger partial charge is 0.237 e. The summed E-state index contributed by atoms with van der Waals surface area (Å²) in [5.41, 5.74) is 5.08. The predicted molar refractivity (Wildman–Crippen MR) is 113 cm³/mol. The van der Waals surface area contributed by atoms with Crippen LogP contribution in [-0.4, -0.2) is 31.4 Å². The second-order valence-electron chi connectivity index (χ2n) is 7.14. The lowest BCUT2D eigenvalue weighted by Crippen LogP contribution is -2.23. The first-order valence-electron chi connectivity index (χ1n) is 9.29. The normalized spacial score (nSPS) is 12.2. The minimum Gasteiger partial charge on any atom is -0.325 e. The Hall–Kier alpha value is -2.67. The second-order valence-corrected chi connectivity index (χ2v) is 8.44. The minimum absolute atomic E-state index is 0.0768. The third-order valence-corrected chi connectivity index (χ3v) is 5.66. The lowest BCUT2D eigenvalue weighted by molar-refractivity contribution is -0.115. The van der Waals surface area contributed by atoms with E-state index < -0.39 is 0 Å². The van der Waals surface area contributed by atoms with Crippen molar-refractivity contribution in [1.82, 2.24) is 20.2 Å². The molecule has 28 heavy (non-hydrogen) atoms. The number of nitrogens with one attached hydrogen (secondary N) is 1. The summed E-state index contributed by atoms with van der Waals surface area (Å²) in [5, 5.41) is 15.2. The van der Waals surface area contributed by atoms with Crippen LogP contribution in [0.2, 0.25) is 0 Å². The molecular formula is C21H25N5OS. The number of hydrogen-bond acceptors (Lipinski definition) is 5. The number of para-hydroxylation sites is 1. The SMILES string of the molecule is Cc1cccc(C)c1NC(=O)[C@@H](C)Sc1nnnn1-c1ccc(C(C)C)cc1. The van der Waals surface area contributed by atoms with Crippen molar-refractivity contribution in [1.29, 1.82) is 0 Å². The Kier molecular flexibility index (Phi) is 6.14. The molecule has 0 saturated carbocycles. The molecule has 0 radical (unpaired) electrons. The summed E-state index contributed by atoms with van der Waals surface area (Å²) >= 11 is 1.34. The molecule has 7 heteroatoms. The molecular weight excluding hydrogens is 370 g/mol. The molecule has 0 bridgehead atoms. The van der Waals surface area contributed by atoms with Gasteiger partial charge in [-0.2, -0.15) is 4.68 Å². The van der Waals surface area contributed by atoms with Gasteiger partial charge in [-0.3, -0.25) is 4.79 Å². The highest BCUT2D eigenvalue weighted by molar-refractivity contribution is 8.00. The van der Waals surface area contributed by atoms with Crippen LogP contribution in [0.1, 0.15) is 43.4 Å². The van der Waals surface area contributed by atoms with Crippen molar-refractivity contribution in [2.45, 2.75) is 50.9 Å². The number of tetrazole rings is 1. The van der Waals surface area contributed by atoms with Crippen LogP contribution < -0.4 is 5.32 Å². The molecule has 0 aliphatic rings. The Bertz CT molecular complexity index is 945. The van der Waals surface area contributed by atoms with Crippen molar-refractivity contribution in [3.05, 3.63) is 59.2 Å². The molecule has 1 amide bonds. The zero-order valence-corrected chi connectivity index (χ0v) is 17.6. The molecule has 1 N–H and O–H groups in total. The van der Waals surface area contributed by atoms with Crippen LogP contribution in [-0.2, 0) is 4.79 Å². The Morgan fingerprint density at radius 1 is 1.04 bits per heavy atom. The first-order valence-corrected chi connectivity index (χ1v) is 10.2. The average Bonchev–Trinajstić information content (AvgIpc) is 3.12. The molecule has 0 fully saturated rings. The van der Waals surface area contributed by atoms with E-state index in [1.807, 2.05) is 51.1 Å². The van der Waals surface area contributed by atoms with Crippen molar-refractivity contribution in [3.8, 4) is 5.69 Å². The maximum absolute atomic E-state index is 12.7. The van der Waals surface area contributed by atoms with E-state index in [1.165, 1.54) is 17.3 Å². The highest BCUT2D eigenvalue weighted by Gasteiger charge is 2.20. The number of aryl methyl sites for hydroxylation is 2. The second kappa shape index (κ2) is 8.56. The number of hydrogen-bond donors (Lipinski definition) is 1. The van der Waals surface area contributed by atoms with Gasteiger partial charge in [0, 0.05) is 5.69 Å². The van der Waals surface area contributed by atoms with Crippen LogP contribution in [0.25, 0.3) is 5.69 Å². The number of benzene rings is 2. The Morgan fingerprint density at radius 3 is 2.29 bits per heavy atom. The molecule has 1 aromatic heterocycles. The highest BCUT2D eigenvalue weighted by Crippen LogP contribution is 2.26. The summed E-state index contributed by atoms with van der Waals surface area (Å²) in [5.74, 6) is 0.387. The molecule has 146 valence electrons. The monoisotopic (exact) mass is 395 g/mol. The van der Waals surface area contributed by atoms with Crippen LogP contribution >= 0.6 is 11.8 Å². The van der Waals surface area contributed by atoms with E-state index in [-0.39, 0.29) is 11.2 Å². The first-order chi connectivity index (χ1) is 13.4. The van der Waals surface area contributed by atoms with Gasteiger partial charge >= 0.3 is 0 Å². The van der Waals surface area contributed by atoms with E-state index in [2.05, 4.69) is 46.8 Å². The standard InChI is InChI=1S/C21H25N5OS/c1-13(2)17-9-11-18(12-10-17)26-21(23-24-25-26)28-16(5)20(27)22-19-14(3)7-6-8-15(19)4/h6-13,16H,1-5H3,(H,22,27)/t16-/m1/s1. The van der Waals surface area contributed by atoms with E-state index in [1.54, 1.807) is 4.68 Å². The number of carbonyl (C=O) groups is 1. The summed E-state index contributed by atoms with van der Waals surface area (Å²) in [6, 6.07) is 14.1. The quantitative estimate of drug-likeness (QED) is 0.621. The van der Waals surface area contributed by atoms with E-state index in [0.717, 1.165) is 22.5 Å². The van der Waals surface area contributed by atoms with Gasteiger partial charge < -0.3 is 5.32 Å². The first kappa shape index (κ1) is 20.1. The third-order valence-electron chi connectivity index (χ3n) is 4.63. The van der Waals surface area contributed by atoms with Crippen molar-refractivity contribution in [2.75, 3.05) is 5.32 Å². The lowest BCUT2D eigenvalue weighted by Gasteiger charge is -2.15. The summed E-state index contributed by atoms with van der Waals surface area (Å²) < 4.78 is 1.66. The number of rotatable bonds is 6. The molecule has 6 nitrogen and oxygen atoms in total. The fourth-order valence-corrected chi connectivity index (χ4v) is 3.67. The molecule has 1 heterocycles. The van der Waals surface area contributed by atoms with Gasteiger partial charge in [-0.25, -0.2) is 0 Å². The highest BCUT2D eigenvalue weighted by atomic mass is 32.2. The summed E-state index contributed by atoms with van der Waals surface area (Å²) in [6.45, 7) is 10.1. The molecule has 0 saturated heterocycles. The molecule has 1 atom stereocenters. The van der Waals surface area contributed by atoms with Crippen molar-refractivity contribution < 1.29 is 4.79 Å². The average molecular weight is 396 g/mol. The predicted octanol–water partition coefficient (Wildman–Crippen LogP) is 4.52. The van der Waals surface area contributed by atoms with Gasteiger partial charge in [0.25, 0.3) is 0 Å². The number of nitrogens with zero attached hydrogens (tertiary/aromatic N) is 4. The molecule has 0 aliphatic carbocycles. The van der Waals surface area contributed by atoms with Crippen molar-refractivity contribution >= 4 is 23.4 Å². The Labute approximate surface area is 169 Å². The molecule has 0 spiro atoms. The number of carbonyl (C=O) groups excluding carboxylic acids is 1. The fourth-order valence-electron chi connectivity index (χ4n) is 2.86. The zero-order valence-electron chi connectivity index (χ0n) is 16.8. The van der Waals surface area contributed by atoms with Gasteiger partial charge in [0.05, 0.1) is 10.9 Å². The third kappa shape index (κ3) is 4.42. The van der Waals surface area contributed by atoms with Gasteiger partial charge in [0.1, 0.15) is 0 Å². The van der Waals surface area contributed by atoms with E-state index in [9.17, 15) is 4.79 Å². The molecule has 3 aromatic rings. The molecule has 2 aromatic carbocycles. The number of aromatic nitrogens is 4. The molecule has 3 rings (SSSR count). The zero-order chi connectivity index (χ0) is 20.3. The van der Waals surface area contributed by atoms with E-state index in [4.69, 9.17) is 0 Å². The summed E-state index contributed by atoms with van der Waals surface area (Å²) in [6.07, 6.45) is 0. The lowest BCUT2D eigenvalue weighted by atomic mass is 10.0. The van der Waals surface area contributed by atoms with Crippen molar-refractivity contribution in [2.24, 2.45) is 0 Å². The van der Waals surface area contributed by atoms with Crippen LogP contribution in [0.3, 0.4) is 0 Å². The molecule has 0 unspecified atom stereocenters. The summed E-state index contributed by atoms with van der Waals surface area (Å²) in [4.78, 5) is 12.7. The Balaban J connectivity index is 1.74. The molecule has 0 aliphatic heterocycles. The maximum Gasteiger partial charge on any atom is 0.237 e. The van der Waals surface area contributed by atoms with Crippen LogP contribution in [0.4, 0.5) is 5.69 Å². The minimum atomic E-state index is -0.348. The summed E-state index contributed by atoms with van der Waals surface area (Å²) in [7, 11) is 0. The van der Waals surface area contributed by atoms with Gasteiger partial charge in [0.2, 0.25) is 11.1 Å². The number of anilines is 1. The van der Waals surface area contributed by atoms with Gasteiger partial charge in [0.15, 0.2) is 0 Å². The van der Waals surface area contributed by atoms with Gasteiger partial charge in [-0.1, -0.05) is 55.9 Å².